The Morgan fingerprint density at radius 3 is 2.35 bits per heavy atom. The highest BCUT2D eigenvalue weighted by molar-refractivity contribution is 14.0. The molecular weight excluding hydrogens is 503 g/mol. The SMILES string of the molecule is CN=C(NCc1c(C)nn(C)c1C)NCC(c1ccc(OC)cc1)N1CCCCC1.I. The zero-order chi connectivity index (χ0) is 21.5. The fourth-order valence-electron chi connectivity index (χ4n) is 4.17. The molecule has 0 amide bonds. The molecule has 1 atom stereocenters. The summed E-state index contributed by atoms with van der Waals surface area (Å²) in [5, 5.41) is 11.5. The van der Waals surface area contributed by atoms with E-state index in [-0.39, 0.29) is 24.0 Å². The smallest absolute Gasteiger partial charge is 0.191 e. The number of aliphatic imine (C=N–C) groups is 1. The fraction of sp³-hybridized carbons (Fsp3) is 0.565. The number of benzene rings is 1. The van der Waals surface area contributed by atoms with Gasteiger partial charge in [-0.2, -0.15) is 5.10 Å². The third-order valence-electron chi connectivity index (χ3n) is 6.11. The first-order valence-electron chi connectivity index (χ1n) is 10.8. The molecule has 2 aromatic rings. The number of halogens is 1. The molecule has 1 aromatic heterocycles. The van der Waals surface area contributed by atoms with Crippen LogP contribution in [0.4, 0.5) is 0 Å². The van der Waals surface area contributed by atoms with Gasteiger partial charge in [-0.3, -0.25) is 14.6 Å². The summed E-state index contributed by atoms with van der Waals surface area (Å²) in [7, 11) is 5.51. The molecule has 2 heterocycles. The van der Waals surface area contributed by atoms with E-state index >= 15 is 0 Å². The summed E-state index contributed by atoms with van der Waals surface area (Å²) >= 11 is 0. The lowest BCUT2D eigenvalue weighted by atomic mass is 10.0. The Labute approximate surface area is 203 Å². The van der Waals surface area contributed by atoms with Crippen LogP contribution in [-0.2, 0) is 13.6 Å². The molecule has 8 heteroatoms. The van der Waals surface area contributed by atoms with E-state index in [1.807, 2.05) is 30.9 Å². The molecule has 172 valence electrons. The second kappa shape index (κ2) is 12.3. The van der Waals surface area contributed by atoms with Gasteiger partial charge in [0, 0.05) is 38.4 Å². The molecule has 3 rings (SSSR count). The van der Waals surface area contributed by atoms with Crippen molar-refractivity contribution in [3.8, 4) is 5.75 Å². The lowest BCUT2D eigenvalue weighted by Gasteiger charge is -2.35. The normalized spacial score (nSPS) is 15.8. The van der Waals surface area contributed by atoms with E-state index in [1.54, 1.807) is 7.11 Å². The third kappa shape index (κ3) is 6.58. The molecule has 0 aliphatic carbocycles. The van der Waals surface area contributed by atoms with Crippen LogP contribution in [0.15, 0.2) is 29.3 Å². The Morgan fingerprint density at radius 2 is 1.81 bits per heavy atom. The number of likely N-dealkylation sites (tertiary alicyclic amines) is 1. The first-order valence-corrected chi connectivity index (χ1v) is 10.8. The van der Waals surface area contributed by atoms with Gasteiger partial charge in [0.05, 0.1) is 18.8 Å². The number of guanidine groups is 1. The molecule has 0 bridgehead atoms. The lowest BCUT2D eigenvalue weighted by Crippen LogP contribution is -2.44. The molecule has 31 heavy (non-hydrogen) atoms. The summed E-state index contributed by atoms with van der Waals surface area (Å²) in [5.41, 5.74) is 4.77. The summed E-state index contributed by atoms with van der Waals surface area (Å²) in [6, 6.07) is 8.76. The average molecular weight is 540 g/mol. The number of aryl methyl sites for hydroxylation is 2. The summed E-state index contributed by atoms with van der Waals surface area (Å²) in [6.45, 7) is 7.94. The van der Waals surface area contributed by atoms with E-state index in [0.29, 0.717) is 12.6 Å². The predicted molar refractivity (Wildman–Crippen MR) is 137 cm³/mol. The summed E-state index contributed by atoms with van der Waals surface area (Å²) in [5.74, 6) is 1.71. The Bertz CT molecular complexity index is 842. The molecule has 1 aromatic carbocycles. The molecule has 7 nitrogen and oxygen atoms in total. The van der Waals surface area contributed by atoms with Crippen molar-refractivity contribution in [1.82, 2.24) is 25.3 Å². The van der Waals surface area contributed by atoms with Crippen molar-refractivity contribution in [2.24, 2.45) is 12.0 Å². The number of hydrogen-bond acceptors (Lipinski definition) is 4. The van der Waals surface area contributed by atoms with Gasteiger partial charge in [-0.05, 0) is 57.5 Å². The number of methoxy groups -OCH3 is 1. The first-order chi connectivity index (χ1) is 14.5. The minimum Gasteiger partial charge on any atom is -0.497 e. The molecule has 0 radical (unpaired) electrons. The van der Waals surface area contributed by atoms with Crippen LogP contribution in [0.1, 0.15) is 47.8 Å². The highest BCUT2D eigenvalue weighted by atomic mass is 127. The Hall–Kier alpha value is -1.81. The van der Waals surface area contributed by atoms with Gasteiger partial charge in [0.25, 0.3) is 0 Å². The highest BCUT2D eigenvalue weighted by Crippen LogP contribution is 2.25. The maximum atomic E-state index is 5.34. The van der Waals surface area contributed by atoms with Gasteiger partial charge < -0.3 is 15.4 Å². The second-order valence-corrected chi connectivity index (χ2v) is 7.97. The summed E-state index contributed by atoms with van der Waals surface area (Å²) in [6.07, 6.45) is 3.85. The molecule has 1 aliphatic rings. The van der Waals surface area contributed by atoms with Crippen molar-refractivity contribution in [2.75, 3.05) is 33.8 Å². The zero-order valence-corrected chi connectivity index (χ0v) is 21.8. The van der Waals surface area contributed by atoms with Crippen molar-refractivity contribution in [3.05, 3.63) is 46.8 Å². The molecule has 1 fully saturated rings. The van der Waals surface area contributed by atoms with Gasteiger partial charge in [0.2, 0.25) is 0 Å². The third-order valence-corrected chi connectivity index (χ3v) is 6.11. The Balaban J connectivity index is 0.00000341. The van der Waals surface area contributed by atoms with E-state index in [0.717, 1.165) is 37.0 Å². The number of nitrogens with one attached hydrogen (secondary N) is 2. The number of hydrogen-bond donors (Lipinski definition) is 2. The number of nitrogens with zero attached hydrogens (tertiary/aromatic N) is 4. The van der Waals surface area contributed by atoms with Crippen LogP contribution >= 0.6 is 24.0 Å². The molecule has 1 saturated heterocycles. The van der Waals surface area contributed by atoms with Gasteiger partial charge in [-0.25, -0.2) is 0 Å². The molecule has 1 unspecified atom stereocenters. The van der Waals surface area contributed by atoms with Crippen LogP contribution in [0.25, 0.3) is 0 Å². The number of rotatable bonds is 7. The van der Waals surface area contributed by atoms with E-state index in [2.05, 4.69) is 51.6 Å². The minimum atomic E-state index is 0. The molecule has 0 saturated carbocycles. The van der Waals surface area contributed by atoms with Crippen LogP contribution in [0.3, 0.4) is 0 Å². The Kier molecular flexibility index (Phi) is 10.1. The monoisotopic (exact) mass is 540 g/mol. The highest BCUT2D eigenvalue weighted by Gasteiger charge is 2.22. The average Bonchev–Trinajstić information content (AvgIpc) is 3.02. The van der Waals surface area contributed by atoms with E-state index in [4.69, 9.17) is 4.74 Å². The molecule has 1 aliphatic heterocycles. The van der Waals surface area contributed by atoms with Crippen molar-refractivity contribution < 1.29 is 4.74 Å². The zero-order valence-electron chi connectivity index (χ0n) is 19.4. The summed E-state index contributed by atoms with van der Waals surface area (Å²) < 4.78 is 7.27. The van der Waals surface area contributed by atoms with Gasteiger partial charge in [-0.1, -0.05) is 18.6 Å². The number of aromatic nitrogens is 2. The van der Waals surface area contributed by atoms with Crippen LogP contribution in [0, 0.1) is 13.8 Å². The number of ether oxygens (including phenoxy) is 1. The maximum absolute atomic E-state index is 5.34. The molecule has 2 N–H and O–H groups in total. The van der Waals surface area contributed by atoms with Crippen LogP contribution in [0.2, 0.25) is 0 Å². The Morgan fingerprint density at radius 1 is 1.13 bits per heavy atom. The van der Waals surface area contributed by atoms with Crippen LogP contribution in [-0.4, -0.2) is 54.4 Å². The van der Waals surface area contributed by atoms with Crippen LogP contribution in [0.5, 0.6) is 5.75 Å². The quantitative estimate of drug-likeness (QED) is 0.320. The predicted octanol–water partition coefficient (Wildman–Crippen LogP) is 3.56. The van der Waals surface area contributed by atoms with Crippen molar-refractivity contribution >= 4 is 29.9 Å². The van der Waals surface area contributed by atoms with E-state index < -0.39 is 0 Å². The largest absolute Gasteiger partial charge is 0.497 e. The fourth-order valence-corrected chi connectivity index (χ4v) is 4.17. The summed E-state index contributed by atoms with van der Waals surface area (Å²) in [4.78, 5) is 7.02. The molecule has 0 spiro atoms. The topological polar surface area (TPSA) is 66.7 Å². The maximum Gasteiger partial charge on any atom is 0.191 e. The van der Waals surface area contributed by atoms with E-state index in [9.17, 15) is 0 Å². The standard InChI is InChI=1S/C23H36N6O.HI/c1-17-21(18(2)28(4)27-17)15-25-23(24-3)26-16-22(29-13-7-6-8-14-29)19-9-11-20(30-5)12-10-19;/h9-12,22H,6-8,13-16H2,1-5H3,(H2,24,25,26);1H. The van der Waals surface area contributed by atoms with Crippen molar-refractivity contribution in [1.29, 1.82) is 0 Å². The van der Waals surface area contributed by atoms with Gasteiger partial charge in [-0.15, -0.1) is 24.0 Å². The van der Waals surface area contributed by atoms with Gasteiger partial charge in [0.15, 0.2) is 5.96 Å². The first kappa shape index (κ1) is 25.5. The van der Waals surface area contributed by atoms with Crippen molar-refractivity contribution in [2.45, 2.75) is 45.7 Å². The van der Waals surface area contributed by atoms with Crippen LogP contribution < -0.4 is 15.4 Å². The molecular formula is C23H37IN6O. The van der Waals surface area contributed by atoms with Crippen molar-refractivity contribution in [3.63, 3.8) is 0 Å². The van der Waals surface area contributed by atoms with Gasteiger partial charge >= 0.3 is 0 Å². The second-order valence-electron chi connectivity index (χ2n) is 7.97. The van der Waals surface area contributed by atoms with E-state index in [1.165, 1.54) is 36.1 Å². The van der Waals surface area contributed by atoms with Gasteiger partial charge in [0.1, 0.15) is 5.75 Å². The number of piperidine rings is 1. The lowest BCUT2D eigenvalue weighted by molar-refractivity contribution is 0.164. The minimum absolute atomic E-state index is 0.